The first kappa shape index (κ1) is 19.7. The van der Waals surface area contributed by atoms with E-state index < -0.39 is 0 Å². The van der Waals surface area contributed by atoms with Crippen LogP contribution in [0, 0.1) is 5.92 Å². The first-order valence-electron chi connectivity index (χ1n) is 9.57. The van der Waals surface area contributed by atoms with Crippen LogP contribution in [0.15, 0.2) is 64.8 Å². The molecule has 0 saturated carbocycles. The zero-order valence-corrected chi connectivity index (χ0v) is 16.6. The number of likely N-dealkylation sites (N-methyl/N-ethyl adjacent to an activating group) is 1. The molecule has 0 spiro atoms. The Bertz CT molecular complexity index is 731. The van der Waals surface area contributed by atoms with Crippen LogP contribution in [-0.4, -0.2) is 37.4 Å². The summed E-state index contributed by atoms with van der Waals surface area (Å²) >= 11 is 0. The second-order valence-electron chi connectivity index (χ2n) is 7.27. The number of azo groups is 1. The molecule has 0 radical (unpaired) electrons. The number of benzene rings is 2. The molecule has 0 aliphatic carbocycles. The number of ether oxygens (including phenoxy) is 2. The summed E-state index contributed by atoms with van der Waals surface area (Å²) in [4.78, 5) is 2.10. The van der Waals surface area contributed by atoms with Crippen molar-refractivity contribution in [3.05, 3.63) is 60.2 Å². The maximum atomic E-state index is 6.26. The minimum absolute atomic E-state index is 0.00361. The molecule has 4 unspecified atom stereocenters. The van der Waals surface area contributed by atoms with Crippen molar-refractivity contribution < 1.29 is 9.47 Å². The van der Waals surface area contributed by atoms with E-state index >= 15 is 0 Å². The Morgan fingerprint density at radius 2 is 1.59 bits per heavy atom. The highest BCUT2D eigenvalue weighted by molar-refractivity contribution is 5.40. The van der Waals surface area contributed by atoms with Crippen LogP contribution in [0.5, 0.6) is 0 Å². The standard InChI is InChI=1S/C22H29N3O2/c1-5-20-16(2)21(22(27-20)25(3)4)26-15-17-11-13-19(14-12-17)24-23-18-9-7-6-8-10-18/h6-14,16,20-22H,5,15H2,1-4H3. The topological polar surface area (TPSA) is 46.4 Å². The van der Waals surface area contributed by atoms with Crippen LogP contribution in [0.4, 0.5) is 11.4 Å². The van der Waals surface area contributed by atoms with E-state index in [1.54, 1.807) is 0 Å². The molecule has 0 aromatic heterocycles. The van der Waals surface area contributed by atoms with Gasteiger partial charge in [-0.1, -0.05) is 44.2 Å². The molecule has 5 heteroatoms. The maximum absolute atomic E-state index is 6.26. The van der Waals surface area contributed by atoms with Gasteiger partial charge in [0.25, 0.3) is 0 Å². The Morgan fingerprint density at radius 1 is 0.963 bits per heavy atom. The van der Waals surface area contributed by atoms with E-state index in [0.29, 0.717) is 12.5 Å². The Balaban J connectivity index is 1.59. The second kappa shape index (κ2) is 9.22. The average Bonchev–Trinajstić information content (AvgIpc) is 3.02. The lowest BCUT2D eigenvalue weighted by Crippen LogP contribution is -2.39. The third-order valence-corrected chi connectivity index (χ3v) is 5.03. The van der Waals surface area contributed by atoms with Gasteiger partial charge in [0.1, 0.15) is 12.3 Å². The molecule has 2 aromatic rings. The molecule has 1 aliphatic rings. The molecule has 3 rings (SSSR count). The van der Waals surface area contributed by atoms with Crippen molar-refractivity contribution in [3.63, 3.8) is 0 Å². The van der Waals surface area contributed by atoms with Crippen molar-refractivity contribution in [3.8, 4) is 0 Å². The van der Waals surface area contributed by atoms with Crippen LogP contribution in [0.2, 0.25) is 0 Å². The first-order chi connectivity index (χ1) is 13.1. The molecular weight excluding hydrogens is 338 g/mol. The van der Waals surface area contributed by atoms with Crippen LogP contribution >= 0.6 is 0 Å². The molecule has 0 amide bonds. The summed E-state index contributed by atoms with van der Waals surface area (Å²) in [6.45, 7) is 4.95. The molecule has 0 bridgehead atoms. The van der Waals surface area contributed by atoms with Gasteiger partial charge in [0.2, 0.25) is 0 Å². The van der Waals surface area contributed by atoms with Crippen LogP contribution in [-0.2, 0) is 16.1 Å². The fourth-order valence-electron chi connectivity index (χ4n) is 3.43. The van der Waals surface area contributed by atoms with Crippen molar-refractivity contribution in [1.82, 2.24) is 4.90 Å². The molecule has 1 aliphatic heterocycles. The van der Waals surface area contributed by atoms with Gasteiger partial charge in [-0.15, -0.1) is 0 Å². The van der Waals surface area contributed by atoms with E-state index in [2.05, 4.69) is 29.0 Å². The van der Waals surface area contributed by atoms with E-state index in [4.69, 9.17) is 9.47 Å². The molecule has 144 valence electrons. The monoisotopic (exact) mass is 367 g/mol. The fourth-order valence-corrected chi connectivity index (χ4v) is 3.43. The van der Waals surface area contributed by atoms with Gasteiger partial charge in [-0.2, -0.15) is 10.2 Å². The van der Waals surface area contributed by atoms with E-state index in [1.807, 2.05) is 68.7 Å². The highest BCUT2D eigenvalue weighted by Gasteiger charge is 2.42. The molecule has 1 heterocycles. The van der Waals surface area contributed by atoms with E-state index in [1.165, 1.54) is 0 Å². The molecular formula is C22H29N3O2. The highest BCUT2D eigenvalue weighted by Crippen LogP contribution is 2.32. The summed E-state index contributed by atoms with van der Waals surface area (Å²) in [5.41, 5.74) is 2.80. The summed E-state index contributed by atoms with van der Waals surface area (Å²) in [6, 6.07) is 17.8. The third-order valence-electron chi connectivity index (χ3n) is 5.03. The van der Waals surface area contributed by atoms with E-state index in [0.717, 1.165) is 23.4 Å². The molecule has 4 atom stereocenters. The van der Waals surface area contributed by atoms with Crippen molar-refractivity contribution >= 4 is 11.4 Å². The smallest absolute Gasteiger partial charge is 0.137 e. The zero-order valence-electron chi connectivity index (χ0n) is 16.6. The molecule has 1 saturated heterocycles. The lowest BCUT2D eigenvalue weighted by Gasteiger charge is -2.26. The highest BCUT2D eigenvalue weighted by atomic mass is 16.6. The number of hydrogen-bond acceptors (Lipinski definition) is 5. The fraction of sp³-hybridized carbons (Fsp3) is 0.455. The van der Waals surface area contributed by atoms with Gasteiger partial charge in [0, 0.05) is 5.92 Å². The van der Waals surface area contributed by atoms with Crippen LogP contribution in [0.3, 0.4) is 0 Å². The lowest BCUT2D eigenvalue weighted by atomic mass is 9.98. The Morgan fingerprint density at radius 3 is 2.19 bits per heavy atom. The van der Waals surface area contributed by atoms with Gasteiger partial charge in [-0.05, 0) is 50.3 Å². The SMILES string of the molecule is CCC1OC(N(C)C)C(OCc2ccc(N=Nc3ccccc3)cc2)C1C. The summed E-state index contributed by atoms with van der Waals surface area (Å²) in [5, 5.41) is 8.52. The predicted molar refractivity (Wildman–Crippen MR) is 107 cm³/mol. The Hall–Kier alpha value is -2.08. The first-order valence-corrected chi connectivity index (χ1v) is 9.57. The van der Waals surface area contributed by atoms with E-state index in [9.17, 15) is 0 Å². The van der Waals surface area contributed by atoms with Crippen LogP contribution in [0.25, 0.3) is 0 Å². The van der Waals surface area contributed by atoms with Gasteiger partial charge < -0.3 is 9.47 Å². The van der Waals surface area contributed by atoms with Gasteiger partial charge in [-0.25, -0.2) is 0 Å². The molecule has 0 N–H and O–H groups in total. The van der Waals surface area contributed by atoms with Crippen molar-refractivity contribution in [2.75, 3.05) is 14.1 Å². The molecule has 27 heavy (non-hydrogen) atoms. The second-order valence-corrected chi connectivity index (χ2v) is 7.27. The number of nitrogens with zero attached hydrogens (tertiary/aromatic N) is 3. The van der Waals surface area contributed by atoms with Gasteiger partial charge in [0.15, 0.2) is 0 Å². The van der Waals surface area contributed by atoms with E-state index in [-0.39, 0.29) is 18.4 Å². The largest absolute Gasteiger partial charge is 0.369 e. The number of hydrogen-bond donors (Lipinski definition) is 0. The summed E-state index contributed by atoms with van der Waals surface area (Å²) in [5.74, 6) is 0.376. The van der Waals surface area contributed by atoms with Crippen LogP contribution < -0.4 is 0 Å². The summed E-state index contributed by atoms with van der Waals surface area (Å²) in [6.07, 6.45) is 1.33. The third kappa shape index (κ3) is 5.01. The molecule has 1 fully saturated rings. The Labute approximate surface area is 162 Å². The summed E-state index contributed by atoms with van der Waals surface area (Å²) < 4.78 is 12.4. The lowest BCUT2D eigenvalue weighted by molar-refractivity contribution is -0.0943. The summed E-state index contributed by atoms with van der Waals surface area (Å²) in [7, 11) is 4.08. The Kier molecular flexibility index (Phi) is 6.72. The predicted octanol–water partition coefficient (Wildman–Crippen LogP) is 5.32. The van der Waals surface area contributed by atoms with Gasteiger partial charge in [-0.3, -0.25) is 4.90 Å². The van der Waals surface area contributed by atoms with Crippen molar-refractivity contribution in [2.45, 2.75) is 45.3 Å². The van der Waals surface area contributed by atoms with Crippen molar-refractivity contribution in [1.29, 1.82) is 0 Å². The minimum Gasteiger partial charge on any atom is -0.369 e. The van der Waals surface area contributed by atoms with Crippen molar-refractivity contribution in [2.24, 2.45) is 16.1 Å². The average molecular weight is 367 g/mol. The van der Waals surface area contributed by atoms with Gasteiger partial charge >= 0.3 is 0 Å². The maximum Gasteiger partial charge on any atom is 0.137 e. The normalized spacial score (nSPS) is 25.5. The molecule has 2 aromatic carbocycles. The quantitative estimate of drug-likeness (QED) is 0.622. The zero-order chi connectivity index (χ0) is 19.2. The number of rotatable bonds is 7. The van der Waals surface area contributed by atoms with Gasteiger partial charge in [0.05, 0.1) is 24.1 Å². The molecule has 5 nitrogen and oxygen atoms in total. The minimum atomic E-state index is 0.00361. The van der Waals surface area contributed by atoms with Crippen LogP contribution in [0.1, 0.15) is 25.8 Å².